The molecule has 0 aromatic heterocycles. The fraction of sp³-hybridized carbons (Fsp3) is 0.429. The zero-order valence-corrected chi connectivity index (χ0v) is 20.2. The van der Waals surface area contributed by atoms with Crippen molar-refractivity contribution in [2.75, 3.05) is 19.7 Å². The summed E-state index contributed by atoms with van der Waals surface area (Å²) >= 11 is 0. The molecule has 0 radical (unpaired) electrons. The molecule has 7 nitrogen and oxygen atoms in total. The summed E-state index contributed by atoms with van der Waals surface area (Å²) in [6.45, 7) is 0.329. The minimum Gasteiger partial charge on any atom is -0.491 e. The van der Waals surface area contributed by atoms with Gasteiger partial charge in [0.15, 0.2) is 11.6 Å². The summed E-state index contributed by atoms with van der Waals surface area (Å²) < 4.78 is 19.9. The summed E-state index contributed by atoms with van der Waals surface area (Å²) in [4.78, 5) is 24.6. The molecule has 1 fully saturated rings. The maximum atomic E-state index is 14.3. The molecule has 1 aliphatic heterocycles. The van der Waals surface area contributed by atoms with E-state index in [0.717, 1.165) is 29.5 Å². The first-order valence-corrected chi connectivity index (χ1v) is 12.4. The first kappa shape index (κ1) is 25.7. The number of rotatable bonds is 5. The monoisotopic (exact) mass is 493 g/mol. The van der Waals surface area contributed by atoms with Crippen LogP contribution in [0.25, 0.3) is 0 Å². The van der Waals surface area contributed by atoms with Crippen molar-refractivity contribution in [1.29, 1.82) is 0 Å². The van der Waals surface area contributed by atoms with Gasteiger partial charge in [0.05, 0.1) is 25.3 Å². The van der Waals surface area contributed by atoms with E-state index in [-0.39, 0.29) is 49.7 Å². The van der Waals surface area contributed by atoms with E-state index < -0.39 is 23.9 Å². The first-order chi connectivity index (χ1) is 17.4. The van der Waals surface area contributed by atoms with Crippen LogP contribution in [0.5, 0.6) is 5.75 Å². The van der Waals surface area contributed by atoms with E-state index >= 15 is 0 Å². The van der Waals surface area contributed by atoms with Crippen molar-refractivity contribution in [2.24, 2.45) is 0 Å². The van der Waals surface area contributed by atoms with Crippen molar-refractivity contribution in [1.82, 2.24) is 16.0 Å². The Labute approximate surface area is 210 Å². The molecule has 2 amide bonds. The maximum absolute atomic E-state index is 14.3. The summed E-state index contributed by atoms with van der Waals surface area (Å²) in [7, 11) is 0. The van der Waals surface area contributed by atoms with Gasteiger partial charge in [0.25, 0.3) is 0 Å². The molecule has 2 aromatic carbocycles. The Bertz CT molecular complexity index is 1140. The van der Waals surface area contributed by atoms with E-state index in [4.69, 9.17) is 11.2 Å². The molecule has 2 unspecified atom stereocenters. The number of nitrogens with one attached hydrogen (secondary N) is 3. The molecule has 1 aliphatic carbocycles. The fourth-order valence-corrected chi connectivity index (χ4v) is 4.46. The normalized spacial score (nSPS) is 21.0. The van der Waals surface area contributed by atoms with Crippen molar-refractivity contribution in [2.45, 2.75) is 56.2 Å². The molecule has 4 rings (SSSR count). The Hall–Kier alpha value is -3.41. The lowest BCUT2D eigenvalue weighted by atomic mass is 9.98. The lowest BCUT2D eigenvalue weighted by Gasteiger charge is -2.27. The molecule has 0 saturated heterocycles. The first-order valence-electron chi connectivity index (χ1n) is 12.4. The highest BCUT2D eigenvalue weighted by Crippen LogP contribution is 2.45. The van der Waals surface area contributed by atoms with Crippen LogP contribution in [0.1, 0.15) is 48.8 Å². The number of benzene rings is 2. The zero-order valence-electron chi connectivity index (χ0n) is 20.2. The second-order valence-electron chi connectivity index (χ2n) is 9.48. The third kappa shape index (κ3) is 6.62. The van der Waals surface area contributed by atoms with Crippen LogP contribution >= 0.6 is 0 Å². The zero-order chi connectivity index (χ0) is 25.5. The lowest BCUT2D eigenvalue weighted by Crippen LogP contribution is -2.52. The van der Waals surface area contributed by atoms with Gasteiger partial charge in [-0.1, -0.05) is 24.1 Å². The van der Waals surface area contributed by atoms with Gasteiger partial charge < -0.3 is 25.8 Å². The molecule has 2 aliphatic rings. The summed E-state index contributed by atoms with van der Waals surface area (Å²) in [5.74, 6) is 1.66. The van der Waals surface area contributed by atoms with Gasteiger partial charge in [-0.15, -0.1) is 6.42 Å². The number of carbonyl (C=O) groups excluding carboxylic acids is 2. The number of hydrogen-bond acceptors (Lipinski definition) is 5. The Morgan fingerprint density at radius 1 is 1.19 bits per heavy atom. The molecule has 8 heteroatoms. The Morgan fingerprint density at radius 3 is 2.81 bits per heavy atom. The van der Waals surface area contributed by atoms with Gasteiger partial charge in [-0.25, -0.2) is 4.39 Å². The molecule has 1 saturated carbocycles. The molecule has 0 spiro atoms. The van der Waals surface area contributed by atoms with Crippen LogP contribution in [-0.2, 0) is 21.5 Å². The molecule has 36 heavy (non-hydrogen) atoms. The molecule has 4 N–H and O–H groups in total. The topological polar surface area (TPSA) is 99.7 Å². The third-order valence-electron chi connectivity index (χ3n) is 6.75. The summed E-state index contributed by atoms with van der Waals surface area (Å²) in [5.41, 5.74) is 2.33. The van der Waals surface area contributed by atoms with E-state index in [2.05, 4.69) is 21.9 Å². The Kier molecular flexibility index (Phi) is 8.24. The molecular weight excluding hydrogens is 461 g/mol. The van der Waals surface area contributed by atoms with Crippen LogP contribution in [0.15, 0.2) is 42.5 Å². The van der Waals surface area contributed by atoms with Gasteiger partial charge in [-0.05, 0) is 67.5 Å². The predicted molar refractivity (Wildman–Crippen MR) is 134 cm³/mol. The Morgan fingerprint density at radius 2 is 2.03 bits per heavy atom. The fourth-order valence-electron chi connectivity index (χ4n) is 4.46. The molecular formula is C28H32FN3O4. The van der Waals surface area contributed by atoms with Crippen LogP contribution in [0.2, 0.25) is 0 Å². The van der Waals surface area contributed by atoms with Crippen LogP contribution in [0.4, 0.5) is 4.39 Å². The van der Waals surface area contributed by atoms with Crippen LogP contribution in [0.3, 0.4) is 0 Å². The summed E-state index contributed by atoms with van der Waals surface area (Å²) in [6.07, 6.45) is 8.09. The number of carbonyl (C=O) groups is 2. The van der Waals surface area contributed by atoms with Gasteiger partial charge in [-0.3, -0.25) is 9.59 Å². The van der Waals surface area contributed by atoms with Crippen molar-refractivity contribution in [3.8, 4) is 18.1 Å². The standard InChI is InChI=1S/C28H32FN3O4/c1-2-19-6-5-7-21(14-19)28(11-12-28)31-17-24(33)23-15-20-9-10-22(29)25(16-20)36-13-4-3-8-26(34)30-18-27(35)32-23/h1,5-7,9-10,14,16,23-24,31,33H,3-4,8,11-13,15,17-18H2,(H,30,34)(H,32,35). The minimum absolute atomic E-state index is 0.120. The molecule has 2 atom stereocenters. The maximum Gasteiger partial charge on any atom is 0.239 e. The van der Waals surface area contributed by atoms with Gasteiger partial charge in [0.1, 0.15) is 0 Å². The largest absolute Gasteiger partial charge is 0.491 e. The Balaban J connectivity index is 1.49. The minimum atomic E-state index is -0.942. The van der Waals surface area contributed by atoms with Crippen LogP contribution in [-0.4, -0.2) is 48.8 Å². The molecule has 2 bridgehead atoms. The summed E-state index contributed by atoms with van der Waals surface area (Å²) in [5, 5.41) is 20.0. The highest BCUT2D eigenvalue weighted by Gasteiger charge is 2.44. The highest BCUT2D eigenvalue weighted by atomic mass is 19.1. The third-order valence-corrected chi connectivity index (χ3v) is 6.75. The van der Waals surface area contributed by atoms with Crippen molar-refractivity contribution < 1.29 is 23.8 Å². The quantitative estimate of drug-likeness (QED) is 0.479. The van der Waals surface area contributed by atoms with E-state index in [9.17, 15) is 19.1 Å². The number of amides is 2. The van der Waals surface area contributed by atoms with Crippen molar-refractivity contribution in [3.63, 3.8) is 0 Å². The number of aliphatic hydroxyl groups excluding tert-OH is 1. The van der Waals surface area contributed by atoms with Gasteiger partial charge >= 0.3 is 0 Å². The second-order valence-corrected chi connectivity index (χ2v) is 9.48. The number of terminal acetylenes is 1. The lowest BCUT2D eigenvalue weighted by molar-refractivity contribution is -0.126. The van der Waals surface area contributed by atoms with Crippen molar-refractivity contribution >= 4 is 11.8 Å². The van der Waals surface area contributed by atoms with Gasteiger partial charge in [0.2, 0.25) is 11.8 Å². The van der Waals surface area contributed by atoms with E-state index in [1.165, 1.54) is 6.07 Å². The number of hydrogen-bond donors (Lipinski definition) is 4. The molecule has 2 aromatic rings. The van der Waals surface area contributed by atoms with Gasteiger partial charge in [0, 0.05) is 24.1 Å². The van der Waals surface area contributed by atoms with Crippen LogP contribution < -0.4 is 20.7 Å². The van der Waals surface area contributed by atoms with E-state index in [0.29, 0.717) is 12.8 Å². The molecule has 190 valence electrons. The smallest absolute Gasteiger partial charge is 0.239 e. The highest BCUT2D eigenvalue weighted by molar-refractivity contribution is 5.84. The number of halogens is 1. The molecule has 1 heterocycles. The van der Waals surface area contributed by atoms with E-state index in [1.807, 2.05) is 24.3 Å². The average Bonchev–Trinajstić information content (AvgIpc) is 3.68. The number of fused-ring (bicyclic) bond motifs is 2. The second kappa shape index (κ2) is 11.5. The van der Waals surface area contributed by atoms with E-state index in [1.54, 1.807) is 12.1 Å². The average molecular weight is 494 g/mol. The number of ether oxygens (including phenoxy) is 1. The summed E-state index contributed by atoms with van der Waals surface area (Å²) in [6, 6.07) is 11.7. The predicted octanol–water partition coefficient (Wildman–Crippen LogP) is 2.15. The number of aliphatic hydroxyl groups is 1. The SMILES string of the molecule is C#Cc1cccc(C2(NCC(O)C3Cc4ccc(F)c(c4)OCCCCC(=O)NCC(=O)N3)CC2)c1. The van der Waals surface area contributed by atoms with Crippen LogP contribution in [0, 0.1) is 18.2 Å². The van der Waals surface area contributed by atoms with Gasteiger partial charge in [-0.2, -0.15) is 0 Å². The van der Waals surface area contributed by atoms with Crippen molar-refractivity contribution in [3.05, 3.63) is 65.0 Å².